The van der Waals surface area contributed by atoms with Gasteiger partial charge >= 0.3 is 0 Å². The first-order chi connectivity index (χ1) is 9.45. The molecule has 3 N–H and O–H groups in total. The summed E-state index contributed by atoms with van der Waals surface area (Å²) in [7, 11) is 0. The Morgan fingerprint density at radius 3 is 2.60 bits per heavy atom. The van der Waals surface area contributed by atoms with Crippen molar-refractivity contribution in [3.63, 3.8) is 0 Å². The highest BCUT2D eigenvalue weighted by Gasteiger charge is 2.27. The van der Waals surface area contributed by atoms with Crippen molar-refractivity contribution >= 4 is 29.1 Å². The Labute approximate surface area is 116 Å². The molecule has 1 atom stereocenters. The zero-order valence-electron chi connectivity index (χ0n) is 11.4. The van der Waals surface area contributed by atoms with Crippen molar-refractivity contribution in [3.05, 3.63) is 23.8 Å². The highest BCUT2D eigenvalue weighted by atomic mass is 16.2. The maximum Gasteiger partial charge on any atom is 0.246 e. The maximum atomic E-state index is 11.9. The molecule has 1 heterocycles. The van der Waals surface area contributed by atoms with Crippen molar-refractivity contribution in [1.82, 2.24) is 5.32 Å². The van der Waals surface area contributed by atoms with E-state index in [2.05, 4.69) is 16.0 Å². The fourth-order valence-electron chi connectivity index (χ4n) is 2.11. The average Bonchev–Trinajstić information content (AvgIpc) is 2.79. The molecule has 0 saturated carbocycles. The van der Waals surface area contributed by atoms with Crippen LogP contribution in [0.15, 0.2) is 18.2 Å². The minimum absolute atomic E-state index is 0.0951. The second-order valence-electron chi connectivity index (χ2n) is 4.86. The van der Waals surface area contributed by atoms with Gasteiger partial charge in [-0.25, -0.2) is 0 Å². The molecule has 1 fully saturated rings. The van der Waals surface area contributed by atoms with Crippen molar-refractivity contribution in [3.8, 4) is 0 Å². The van der Waals surface area contributed by atoms with Crippen LogP contribution in [-0.2, 0) is 14.4 Å². The molecule has 20 heavy (non-hydrogen) atoms. The summed E-state index contributed by atoms with van der Waals surface area (Å²) in [4.78, 5) is 34.0. The van der Waals surface area contributed by atoms with Crippen molar-refractivity contribution < 1.29 is 14.4 Å². The molecule has 0 aliphatic carbocycles. The number of amides is 3. The molecule has 6 heteroatoms. The van der Waals surface area contributed by atoms with Gasteiger partial charge in [0.2, 0.25) is 17.7 Å². The minimum atomic E-state index is -0.460. The molecule has 6 nitrogen and oxygen atoms in total. The lowest BCUT2D eigenvalue weighted by Crippen LogP contribution is -2.37. The molecule has 106 valence electrons. The normalized spacial score (nSPS) is 17.5. The number of benzene rings is 1. The second kappa shape index (κ2) is 5.73. The number of aryl methyl sites for hydroxylation is 1. The van der Waals surface area contributed by atoms with Gasteiger partial charge in [0.15, 0.2) is 0 Å². The summed E-state index contributed by atoms with van der Waals surface area (Å²) in [6, 6.07) is 4.77. The zero-order valence-corrected chi connectivity index (χ0v) is 11.4. The topological polar surface area (TPSA) is 87.3 Å². The SMILES string of the molecule is CC(=O)Nc1ccc(NC(=O)C2CCC(=O)N2)cc1C. The van der Waals surface area contributed by atoms with Crippen molar-refractivity contribution in [2.24, 2.45) is 0 Å². The van der Waals surface area contributed by atoms with E-state index in [0.29, 0.717) is 24.2 Å². The Hall–Kier alpha value is -2.37. The van der Waals surface area contributed by atoms with Crippen LogP contribution < -0.4 is 16.0 Å². The smallest absolute Gasteiger partial charge is 0.246 e. The Bertz CT molecular complexity index is 569. The largest absolute Gasteiger partial charge is 0.344 e. The van der Waals surface area contributed by atoms with Gasteiger partial charge in [0.25, 0.3) is 0 Å². The Morgan fingerprint density at radius 2 is 2.05 bits per heavy atom. The molecule has 0 radical (unpaired) electrons. The van der Waals surface area contributed by atoms with E-state index in [1.165, 1.54) is 6.92 Å². The lowest BCUT2D eigenvalue weighted by Gasteiger charge is -2.13. The van der Waals surface area contributed by atoms with E-state index in [9.17, 15) is 14.4 Å². The molecular formula is C14H17N3O3. The summed E-state index contributed by atoms with van der Waals surface area (Å²) in [6.45, 7) is 3.29. The zero-order chi connectivity index (χ0) is 14.7. The molecular weight excluding hydrogens is 258 g/mol. The molecule has 0 bridgehead atoms. The van der Waals surface area contributed by atoms with Crippen LogP contribution in [0.3, 0.4) is 0 Å². The summed E-state index contributed by atoms with van der Waals surface area (Å²) in [6.07, 6.45) is 0.909. The minimum Gasteiger partial charge on any atom is -0.344 e. The molecule has 1 unspecified atom stereocenters. The third-order valence-electron chi connectivity index (χ3n) is 3.12. The fourth-order valence-corrected chi connectivity index (χ4v) is 2.11. The van der Waals surface area contributed by atoms with E-state index in [1.54, 1.807) is 18.2 Å². The lowest BCUT2D eigenvalue weighted by molar-refractivity contribution is -0.122. The first-order valence-corrected chi connectivity index (χ1v) is 6.44. The molecule has 1 aromatic rings. The van der Waals surface area contributed by atoms with Gasteiger partial charge in [-0.15, -0.1) is 0 Å². The van der Waals surface area contributed by atoms with E-state index in [4.69, 9.17) is 0 Å². The van der Waals surface area contributed by atoms with Crippen LogP contribution >= 0.6 is 0 Å². The van der Waals surface area contributed by atoms with Gasteiger partial charge in [-0.2, -0.15) is 0 Å². The first-order valence-electron chi connectivity index (χ1n) is 6.44. The predicted molar refractivity (Wildman–Crippen MR) is 75.3 cm³/mol. The number of hydrogen-bond acceptors (Lipinski definition) is 3. The van der Waals surface area contributed by atoms with E-state index in [1.807, 2.05) is 6.92 Å². The number of carbonyl (C=O) groups excluding carboxylic acids is 3. The summed E-state index contributed by atoms with van der Waals surface area (Å²) in [5.41, 5.74) is 2.21. The van der Waals surface area contributed by atoms with Crippen LogP contribution in [0.4, 0.5) is 11.4 Å². The number of rotatable bonds is 3. The predicted octanol–water partition coefficient (Wildman–Crippen LogP) is 1.17. The van der Waals surface area contributed by atoms with E-state index >= 15 is 0 Å². The van der Waals surface area contributed by atoms with Crippen LogP contribution in [-0.4, -0.2) is 23.8 Å². The van der Waals surface area contributed by atoms with Gasteiger partial charge in [-0.3, -0.25) is 14.4 Å². The van der Waals surface area contributed by atoms with Crippen molar-refractivity contribution in [1.29, 1.82) is 0 Å². The summed E-state index contributed by atoms with van der Waals surface area (Å²) in [5, 5.41) is 8.08. The van der Waals surface area contributed by atoms with Gasteiger partial charge < -0.3 is 16.0 Å². The molecule has 1 aliphatic heterocycles. The molecule has 1 saturated heterocycles. The summed E-state index contributed by atoms with van der Waals surface area (Å²) < 4.78 is 0. The van der Waals surface area contributed by atoms with E-state index in [-0.39, 0.29) is 17.7 Å². The van der Waals surface area contributed by atoms with Gasteiger partial charge in [-0.1, -0.05) is 0 Å². The molecule has 0 aromatic heterocycles. The summed E-state index contributed by atoms with van der Waals surface area (Å²) in [5.74, 6) is -0.455. The third-order valence-corrected chi connectivity index (χ3v) is 3.12. The Balaban J connectivity index is 2.03. The van der Waals surface area contributed by atoms with Crippen molar-refractivity contribution in [2.45, 2.75) is 32.7 Å². The van der Waals surface area contributed by atoms with Crippen LogP contribution in [0, 0.1) is 6.92 Å². The molecule has 0 spiro atoms. The summed E-state index contributed by atoms with van der Waals surface area (Å²) >= 11 is 0. The van der Waals surface area contributed by atoms with Crippen molar-refractivity contribution in [2.75, 3.05) is 10.6 Å². The number of nitrogens with one attached hydrogen (secondary N) is 3. The van der Waals surface area contributed by atoms with Gasteiger partial charge in [-0.05, 0) is 37.1 Å². The van der Waals surface area contributed by atoms with E-state index in [0.717, 1.165) is 5.56 Å². The molecule has 1 aromatic carbocycles. The third kappa shape index (κ3) is 3.34. The first kappa shape index (κ1) is 14.0. The maximum absolute atomic E-state index is 11.9. The average molecular weight is 275 g/mol. The number of carbonyl (C=O) groups is 3. The van der Waals surface area contributed by atoms with Gasteiger partial charge in [0.05, 0.1) is 0 Å². The number of anilines is 2. The Morgan fingerprint density at radius 1 is 1.30 bits per heavy atom. The molecule has 2 rings (SSSR count). The van der Waals surface area contributed by atoms with Gasteiger partial charge in [0.1, 0.15) is 6.04 Å². The van der Waals surface area contributed by atoms with Gasteiger partial charge in [0, 0.05) is 24.7 Å². The van der Waals surface area contributed by atoms with Crippen LogP contribution in [0.1, 0.15) is 25.3 Å². The Kier molecular flexibility index (Phi) is 4.02. The second-order valence-corrected chi connectivity index (χ2v) is 4.86. The quantitative estimate of drug-likeness (QED) is 0.774. The highest BCUT2D eigenvalue weighted by Crippen LogP contribution is 2.20. The fraction of sp³-hybridized carbons (Fsp3) is 0.357. The number of hydrogen-bond donors (Lipinski definition) is 3. The van der Waals surface area contributed by atoms with Crippen LogP contribution in [0.5, 0.6) is 0 Å². The lowest BCUT2D eigenvalue weighted by atomic mass is 10.1. The monoisotopic (exact) mass is 275 g/mol. The van der Waals surface area contributed by atoms with Crippen LogP contribution in [0.25, 0.3) is 0 Å². The highest BCUT2D eigenvalue weighted by molar-refractivity contribution is 5.99. The molecule has 3 amide bonds. The van der Waals surface area contributed by atoms with Crippen LogP contribution in [0.2, 0.25) is 0 Å². The standard InChI is InChI=1S/C14H17N3O3/c1-8-7-10(3-4-11(8)15-9(2)18)16-14(20)12-5-6-13(19)17-12/h3-4,7,12H,5-6H2,1-2H3,(H,15,18)(H,16,20)(H,17,19). The van der Waals surface area contributed by atoms with E-state index < -0.39 is 6.04 Å². The molecule has 1 aliphatic rings.